The number of aliphatic hydroxyl groups is 2. The molecular weight excluding hydrogens is 426 g/mol. The van der Waals surface area contributed by atoms with Crippen LogP contribution in [0.1, 0.15) is 60.8 Å². The van der Waals surface area contributed by atoms with Crippen molar-refractivity contribution in [3.63, 3.8) is 0 Å². The van der Waals surface area contributed by atoms with Gasteiger partial charge in [0.1, 0.15) is 17.8 Å². The van der Waals surface area contributed by atoms with Gasteiger partial charge in [0.25, 0.3) is 0 Å². The van der Waals surface area contributed by atoms with Gasteiger partial charge in [-0.3, -0.25) is 9.59 Å². The fourth-order valence-electron chi connectivity index (χ4n) is 4.88. The van der Waals surface area contributed by atoms with Crippen LogP contribution in [0.3, 0.4) is 0 Å². The lowest BCUT2D eigenvalue weighted by molar-refractivity contribution is -0.279. The Balaban J connectivity index is 2.36. The van der Waals surface area contributed by atoms with Gasteiger partial charge in [-0.05, 0) is 72.2 Å². The molecule has 2 N–H and O–H groups in total. The molecule has 0 radical (unpaired) electrons. The predicted octanol–water partition coefficient (Wildman–Crippen LogP) is 2.31. The van der Waals surface area contributed by atoms with E-state index in [0.717, 1.165) is 0 Å². The summed E-state index contributed by atoms with van der Waals surface area (Å²) in [6, 6.07) is -0.146. The first-order valence-corrected chi connectivity index (χ1v) is 12.1. The van der Waals surface area contributed by atoms with E-state index in [2.05, 4.69) is 0 Å². The maximum atomic E-state index is 13.1. The predicted molar refractivity (Wildman–Crippen MR) is 124 cm³/mol. The van der Waals surface area contributed by atoms with Crippen LogP contribution in [0.25, 0.3) is 0 Å². The first-order valence-electron chi connectivity index (χ1n) is 12.1. The lowest BCUT2D eigenvalue weighted by Crippen LogP contribution is -2.56. The normalized spacial score (nSPS) is 43.7. The summed E-state index contributed by atoms with van der Waals surface area (Å²) in [6.07, 6.45) is 0.943. The van der Waals surface area contributed by atoms with Gasteiger partial charge < -0.3 is 29.3 Å². The Hall–Kier alpha value is -1.32. The van der Waals surface area contributed by atoms with E-state index in [-0.39, 0.29) is 29.8 Å². The van der Waals surface area contributed by atoms with Crippen molar-refractivity contribution in [1.29, 1.82) is 0 Å². The molecule has 8 heteroatoms. The average Bonchev–Trinajstić information content (AvgIpc) is 2.74. The zero-order valence-corrected chi connectivity index (χ0v) is 21.4. The fraction of sp³-hybridized carbons (Fsp3) is 0.840. The van der Waals surface area contributed by atoms with E-state index in [9.17, 15) is 19.8 Å². The van der Waals surface area contributed by atoms with Gasteiger partial charge in [0.05, 0.1) is 18.1 Å². The molecule has 1 fully saturated rings. The molecule has 190 valence electrons. The molecule has 0 aromatic rings. The van der Waals surface area contributed by atoms with Gasteiger partial charge >= 0.3 is 5.97 Å². The van der Waals surface area contributed by atoms with Crippen molar-refractivity contribution in [1.82, 2.24) is 4.90 Å². The Morgan fingerprint density at radius 2 is 1.82 bits per heavy atom. The average molecular weight is 470 g/mol. The summed E-state index contributed by atoms with van der Waals surface area (Å²) in [5.74, 6) is -1.81. The van der Waals surface area contributed by atoms with Crippen LogP contribution in [0.4, 0.5) is 0 Å². The van der Waals surface area contributed by atoms with Gasteiger partial charge in [-0.1, -0.05) is 20.8 Å². The van der Waals surface area contributed by atoms with Crippen molar-refractivity contribution in [3.8, 4) is 0 Å². The summed E-state index contributed by atoms with van der Waals surface area (Å²) in [5.41, 5.74) is -1.47. The van der Waals surface area contributed by atoms with Crippen LogP contribution < -0.4 is 0 Å². The highest BCUT2D eigenvalue weighted by Crippen LogP contribution is 2.32. The molecule has 2 aliphatic heterocycles. The van der Waals surface area contributed by atoms with Crippen molar-refractivity contribution in [3.05, 3.63) is 12.2 Å². The second kappa shape index (κ2) is 11.4. The molecule has 1 saturated heterocycles. The first-order chi connectivity index (χ1) is 15.3. The summed E-state index contributed by atoms with van der Waals surface area (Å²) >= 11 is 0. The highest BCUT2D eigenvalue weighted by Gasteiger charge is 2.43. The van der Waals surface area contributed by atoms with E-state index in [0.29, 0.717) is 19.3 Å². The second-order valence-corrected chi connectivity index (χ2v) is 10.4. The number of aliphatic hydroxyl groups excluding tert-OH is 1. The minimum atomic E-state index is -1.47. The van der Waals surface area contributed by atoms with Crippen LogP contribution in [0, 0.1) is 17.8 Å². The number of ketones is 1. The van der Waals surface area contributed by atoms with Crippen molar-refractivity contribution in [2.45, 2.75) is 103 Å². The number of carbonyl (C=O) groups excluding carboxylic acids is 2. The Labute approximate surface area is 198 Å². The number of allylic oxidation sites excluding steroid dienone is 1. The van der Waals surface area contributed by atoms with Gasteiger partial charge in [0.15, 0.2) is 12.1 Å². The molecule has 0 unspecified atom stereocenters. The second-order valence-electron chi connectivity index (χ2n) is 10.4. The molecule has 2 heterocycles. The van der Waals surface area contributed by atoms with Crippen LogP contribution >= 0.6 is 0 Å². The molecule has 0 spiro atoms. The molecule has 33 heavy (non-hydrogen) atoms. The lowest BCUT2D eigenvalue weighted by Gasteiger charge is -2.43. The van der Waals surface area contributed by atoms with Crippen LogP contribution in [-0.2, 0) is 23.8 Å². The van der Waals surface area contributed by atoms with Crippen LogP contribution in [0.15, 0.2) is 12.2 Å². The quantitative estimate of drug-likeness (QED) is 0.605. The fourth-order valence-corrected chi connectivity index (χ4v) is 4.88. The number of carbonyl (C=O) groups is 2. The van der Waals surface area contributed by atoms with Gasteiger partial charge in [-0.15, -0.1) is 0 Å². The Morgan fingerprint density at radius 1 is 1.18 bits per heavy atom. The van der Waals surface area contributed by atoms with E-state index in [1.165, 1.54) is 19.1 Å². The van der Waals surface area contributed by atoms with Crippen molar-refractivity contribution in [2.75, 3.05) is 14.1 Å². The number of ether oxygens (including phenoxy) is 3. The van der Waals surface area contributed by atoms with Gasteiger partial charge in [0, 0.05) is 12.0 Å². The molecule has 2 aliphatic rings. The third-order valence-corrected chi connectivity index (χ3v) is 7.07. The number of rotatable bonds is 4. The Kier molecular flexibility index (Phi) is 9.65. The molecular formula is C25H43NO7. The van der Waals surface area contributed by atoms with Crippen molar-refractivity contribution >= 4 is 11.8 Å². The maximum absolute atomic E-state index is 13.1. The number of likely N-dealkylation sites (N-methyl/N-ethyl adjacent to an activating group) is 1. The number of esters is 1. The van der Waals surface area contributed by atoms with Gasteiger partial charge in [-0.2, -0.15) is 0 Å². The summed E-state index contributed by atoms with van der Waals surface area (Å²) in [5, 5.41) is 21.8. The van der Waals surface area contributed by atoms with E-state index >= 15 is 0 Å². The molecule has 8 nitrogen and oxygen atoms in total. The molecule has 0 aliphatic carbocycles. The van der Waals surface area contributed by atoms with Crippen LogP contribution in [0.5, 0.6) is 0 Å². The third kappa shape index (κ3) is 6.85. The molecule has 0 saturated carbocycles. The molecule has 0 aromatic carbocycles. The minimum Gasteiger partial charge on any atom is -0.459 e. The topological polar surface area (TPSA) is 106 Å². The summed E-state index contributed by atoms with van der Waals surface area (Å²) in [7, 11) is 3.80. The van der Waals surface area contributed by atoms with Crippen LogP contribution in [-0.4, -0.2) is 83.3 Å². The number of hydrogen-bond donors (Lipinski definition) is 2. The Morgan fingerprint density at radius 3 is 2.39 bits per heavy atom. The van der Waals surface area contributed by atoms with Gasteiger partial charge in [-0.25, -0.2) is 0 Å². The summed E-state index contributed by atoms with van der Waals surface area (Å²) < 4.78 is 17.9. The largest absolute Gasteiger partial charge is 0.459 e. The maximum Gasteiger partial charge on any atom is 0.311 e. The van der Waals surface area contributed by atoms with Gasteiger partial charge in [0.2, 0.25) is 0 Å². The number of hydrogen-bond acceptors (Lipinski definition) is 8. The SMILES string of the molecule is CC[C@H]1OC(=O)[C@H](C)[C@@H](O[C@@H]2O[C@H](C)C[C@H](N(C)C)[C@H]2O)[C@@H](C)C[C@@H](C)C(=O)C=C[C@]1(C)O. The van der Waals surface area contributed by atoms with E-state index in [1.54, 1.807) is 6.92 Å². The highest BCUT2D eigenvalue weighted by atomic mass is 16.7. The first kappa shape index (κ1) is 27.9. The summed E-state index contributed by atoms with van der Waals surface area (Å²) in [4.78, 5) is 27.8. The third-order valence-electron chi connectivity index (χ3n) is 7.07. The molecule has 0 amide bonds. The van der Waals surface area contributed by atoms with E-state index < -0.39 is 42.1 Å². The van der Waals surface area contributed by atoms with Crippen LogP contribution in [0.2, 0.25) is 0 Å². The smallest absolute Gasteiger partial charge is 0.311 e. The number of cyclic esters (lactones) is 1. The number of nitrogens with zero attached hydrogens (tertiary/aromatic N) is 1. The Bertz CT molecular complexity index is 707. The minimum absolute atomic E-state index is 0.106. The zero-order valence-electron chi connectivity index (χ0n) is 21.4. The summed E-state index contributed by atoms with van der Waals surface area (Å²) in [6.45, 7) is 10.8. The molecule has 0 aromatic heterocycles. The molecule has 2 rings (SSSR count). The molecule has 10 atom stereocenters. The van der Waals surface area contributed by atoms with E-state index in [1.807, 2.05) is 46.7 Å². The molecule has 0 bridgehead atoms. The van der Waals surface area contributed by atoms with Crippen molar-refractivity contribution in [2.24, 2.45) is 17.8 Å². The zero-order chi connectivity index (χ0) is 25.1. The highest BCUT2D eigenvalue weighted by molar-refractivity contribution is 5.91. The van der Waals surface area contributed by atoms with E-state index in [4.69, 9.17) is 14.2 Å². The lowest BCUT2D eigenvalue weighted by atomic mass is 9.84. The monoisotopic (exact) mass is 469 g/mol. The van der Waals surface area contributed by atoms with Crippen molar-refractivity contribution < 1.29 is 34.0 Å². The standard InChI is InChI=1S/C25H43NO7/c1-9-20-25(6,30)11-10-19(27)14(2)12-15(3)22(17(5)23(29)32-20)33-24-21(28)18(26(7)8)13-16(4)31-24/h10-11,14-18,20-22,24,28,30H,9,12-13H2,1-8H3/t14-,15+,16-,17-,18+,20-,21-,22+,24+,25+/m1/s1.